The van der Waals surface area contributed by atoms with Crippen LogP contribution in [0.25, 0.3) is 11.4 Å². The Labute approximate surface area is 136 Å². The molecular formula is C16H20N4O2S. The Morgan fingerprint density at radius 2 is 1.87 bits per heavy atom. The maximum Gasteiger partial charge on any atom is 0.214 e. The van der Waals surface area contributed by atoms with Crippen molar-refractivity contribution in [3.63, 3.8) is 0 Å². The lowest BCUT2D eigenvalue weighted by Crippen LogP contribution is -2.42. The second kappa shape index (κ2) is 5.42. The first-order valence-electron chi connectivity index (χ1n) is 8.09. The molecule has 1 aromatic carbocycles. The van der Waals surface area contributed by atoms with Crippen molar-refractivity contribution in [2.24, 2.45) is 0 Å². The molecule has 2 unspecified atom stereocenters. The van der Waals surface area contributed by atoms with E-state index >= 15 is 0 Å². The Morgan fingerprint density at radius 1 is 1.13 bits per heavy atom. The number of aromatic nitrogens is 3. The third-order valence-corrected chi connectivity index (χ3v) is 6.88. The van der Waals surface area contributed by atoms with Crippen LogP contribution in [0.2, 0.25) is 0 Å². The smallest absolute Gasteiger partial charge is 0.214 e. The molecule has 7 heteroatoms. The second-order valence-corrected chi connectivity index (χ2v) is 8.40. The van der Waals surface area contributed by atoms with E-state index in [9.17, 15) is 8.42 Å². The molecule has 1 aromatic heterocycles. The van der Waals surface area contributed by atoms with Crippen LogP contribution in [0.15, 0.2) is 30.3 Å². The highest BCUT2D eigenvalue weighted by molar-refractivity contribution is 7.89. The molecule has 0 amide bonds. The minimum atomic E-state index is -3.18. The van der Waals surface area contributed by atoms with Crippen molar-refractivity contribution in [1.82, 2.24) is 19.1 Å². The monoisotopic (exact) mass is 332 g/mol. The molecule has 0 radical (unpaired) electrons. The number of benzene rings is 1. The summed E-state index contributed by atoms with van der Waals surface area (Å²) in [5, 5.41) is 8.70. The van der Waals surface area contributed by atoms with Gasteiger partial charge in [-0.3, -0.25) is 0 Å². The van der Waals surface area contributed by atoms with Crippen molar-refractivity contribution in [2.75, 3.05) is 5.75 Å². The van der Waals surface area contributed by atoms with Crippen LogP contribution >= 0.6 is 0 Å². The summed E-state index contributed by atoms with van der Waals surface area (Å²) >= 11 is 0. The molecule has 2 aliphatic rings. The van der Waals surface area contributed by atoms with Gasteiger partial charge in [0.05, 0.1) is 5.75 Å². The van der Waals surface area contributed by atoms with E-state index < -0.39 is 10.0 Å². The summed E-state index contributed by atoms with van der Waals surface area (Å²) in [4.78, 5) is 0. The van der Waals surface area contributed by atoms with Crippen LogP contribution in [0.5, 0.6) is 0 Å². The van der Waals surface area contributed by atoms with Crippen LogP contribution in [0, 0.1) is 0 Å². The lowest BCUT2D eigenvalue weighted by atomic mass is 10.1. The zero-order valence-corrected chi connectivity index (χ0v) is 13.9. The van der Waals surface area contributed by atoms with Gasteiger partial charge in [-0.25, -0.2) is 8.42 Å². The van der Waals surface area contributed by atoms with Gasteiger partial charge in [0, 0.05) is 30.6 Å². The second-order valence-electron chi connectivity index (χ2n) is 6.24. The molecule has 0 N–H and O–H groups in total. The molecule has 6 nitrogen and oxygen atoms in total. The molecule has 2 aliphatic heterocycles. The van der Waals surface area contributed by atoms with Gasteiger partial charge in [-0.05, 0) is 19.8 Å². The quantitative estimate of drug-likeness (QED) is 0.858. The number of fused-ring (bicyclic) bond motifs is 3. The summed E-state index contributed by atoms with van der Waals surface area (Å²) in [6.07, 6.45) is 2.47. The summed E-state index contributed by atoms with van der Waals surface area (Å²) in [5.74, 6) is 1.89. The molecule has 23 heavy (non-hydrogen) atoms. The van der Waals surface area contributed by atoms with Gasteiger partial charge in [0.25, 0.3) is 0 Å². The van der Waals surface area contributed by atoms with Gasteiger partial charge in [-0.2, -0.15) is 4.31 Å². The van der Waals surface area contributed by atoms with E-state index in [1.807, 2.05) is 30.3 Å². The molecule has 1 saturated heterocycles. The number of hydrogen-bond acceptors (Lipinski definition) is 4. The number of hydrogen-bond donors (Lipinski definition) is 0. The summed E-state index contributed by atoms with van der Waals surface area (Å²) in [7, 11) is -3.18. The average molecular weight is 332 g/mol. The van der Waals surface area contributed by atoms with Crippen LogP contribution in [0.1, 0.15) is 25.6 Å². The van der Waals surface area contributed by atoms with Gasteiger partial charge < -0.3 is 4.57 Å². The van der Waals surface area contributed by atoms with E-state index in [0.717, 1.165) is 30.1 Å². The van der Waals surface area contributed by atoms with E-state index in [4.69, 9.17) is 0 Å². The van der Waals surface area contributed by atoms with E-state index in [0.29, 0.717) is 13.0 Å². The number of rotatable bonds is 3. The highest BCUT2D eigenvalue weighted by Crippen LogP contribution is 2.35. The lowest BCUT2D eigenvalue weighted by Gasteiger charge is -2.26. The van der Waals surface area contributed by atoms with Gasteiger partial charge >= 0.3 is 0 Å². The highest BCUT2D eigenvalue weighted by atomic mass is 32.2. The maximum atomic E-state index is 12.5. The molecule has 1 fully saturated rings. The minimum absolute atomic E-state index is 0.0182. The Hall–Kier alpha value is -1.73. The Bertz CT molecular complexity index is 816. The van der Waals surface area contributed by atoms with Crippen LogP contribution in [0.4, 0.5) is 0 Å². The van der Waals surface area contributed by atoms with Crippen molar-refractivity contribution in [1.29, 1.82) is 0 Å². The molecule has 2 aromatic rings. The van der Waals surface area contributed by atoms with Crippen molar-refractivity contribution in [3.05, 3.63) is 36.2 Å². The van der Waals surface area contributed by atoms with Crippen molar-refractivity contribution >= 4 is 10.0 Å². The molecular weight excluding hydrogens is 312 g/mol. The van der Waals surface area contributed by atoms with Gasteiger partial charge in [0.1, 0.15) is 5.82 Å². The third-order valence-electron chi connectivity index (χ3n) is 4.91. The topological polar surface area (TPSA) is 68.1 Å². The van der Waals surface area contributed by atoms with Gasteiger partial charge in [-0.15, -0.1) is 10.2 Å². The Kier molecular flexibility index (Phi) is 3.50. The largest absolute Gasteiger partial charge is 0.309 e. The molecule has 122 valence electrons. The average Bonchev–Trinajstić information content (AvgIpc) is 3.08. The van der Waals surface area contributed by atoms with Crippen LogP contribution in [-0.4, -0.2) is 45.3 Å². The van der Waals surface area contributed by atoms with Crippen LogP contribution in [-0.2, 0) is 23.0 Å². The predicted octanol–water partition coefficient (Wildman–Crippen LogP) is 1.68. The highest BCUT2D eigenvalue weighted by Gasteiger charge is 2.44. The van der Waals surface area contributed by atoms with Crippen molar-refractivity contribution in [2.45, 2.75) is 44.8 Å². The molecule has 3 heterocycles. The maximum absolute atomic E-state index is 12.5. The lowest BCUT2D eigenvalue weighted by molar-refractivity contribution is 0.316. The predicted molar refractivity (Wildman–Crippen MR) is 87.3 cm³/mol. The van der Waals surface area contributed by atoms with E-state index in [-0.39, 0.29) is 17.8 Å². The van der Waals surface area contributed by atoms with Crippen molar-refractivity contribution in [3.8, 4) is 11.4 Å². The summed E-state index contributed by atoms with van der Waals surface area (Å²) in [6, 6.07) is 10.0. The van der Waals surface area contributed by atoms with Crippen LogP contribution < -0.4 is 0 Å². The zero-order valence-electron chi connectivity index (χ0n) is 13.1. The van der Waals surface area contributed by atoms with E-state index in [1.165, 1.54) is 0 Å². The van der Waals surface area contributed by atoms with E-state index in [2.05, 4.69) is 14.8 Å². The molecule has 0 aliphatic carbocycles. The number of sulfonamides is 1. The molecule has 0 saturated carbocycles. The summed E-state index contributed by atoms with van der Waals surface area (Å²) in [5.41, 5.74) is 1.02. The first-order chi connectivity index (χ1) is 11.1. The molecule has 0 spiro atoms. The third kappa shape index (κ3) is 2.38. The van der Waals surface area contributed by atoms with Gasteiger partial charge in [0.15, 0.2) is 5.82 Å². The van der Waals surface area contributed by atoms with Gasteiger partial charge in [0.2, 0.25) is 10.0 Å². The normalized spacial score (nSPS) is 24.4. The fraction of sp³-hybridized carbons (Fsp3) is 0.500. The first-order valence-corrected chi connectivity index (χ1v) is 9.70. The Morgan fingerprint density at radius 3 is 2.61 bits per heavy atom. The van der Waals surface area contributed by atoms with Gasteiger partial charge in [-0.1, -0.05) is 30.3 Å². The molecule has 2 bridgehead atoms. The number of nitrogens with zero attached hydrogens (tertiary/aromatic N) is 4. The SMILES string of the molecule is CCS(=O)(=O)N1C2CCC1Cn1c(nnc1-c1ccccc1)C2. The summed E-state index contributed by atoms with van der Waals surface area (Å²) < 4.78 is 28.8. The fourth-order valence-corrected chi connectivity index (χ4v) is 5.36. The van der Waals surface area contributed by atoms with Crippen molar-refractivity contribution < 1.29 is 8.42 Å². The standard InChI is InChI=1S/C16H20N4O2S/c1-2-23(21,22)20-13-8-9-14(20)11-19-15(10-13)17-18-16(19)12-6-4-3-5-7-12/h3-7,13-14H,2,8-11H2,1H3. The zero-order chi connectivity index (χ0) is 16.0. The summed E-state index contributed by atoms with van der Waals surface area (Å²) in [6.45, 7) is 2.36. The fourth-order valence-electron chi connectivity index (χ4n) is 3.80. The molecule has 4 rings (SSSR count). The molecule has 2 atom stereocenters. The minimum Gasteiger partial charge on any atom is -0.309 e. The van der Waals surface area contributed by atoms with Crippen LogP contribution in [0.3, 0.4) is 0 Å². The Balaban J connectivity index is 1.75. The van der Waals surface area contributed by atoms with E-state index in [1.54, 1.807) is 11.2 Å². The first kappa shape index (κ1) is 14.8.